The van der Waals surface area contributed by atoms with Crippen LogP contribution in [0.5, 0.6) is 0 Å². The summed E-state index contributed by atoms with van der Waals surface area (Å²) in [6.45, 7) is 1.69. The number of fused-ring (bicyclic) bond motifs is 1. The maximum absolute atomic E-state index is 13.4. The minimum atomic E-state index is -0.506. The van der Waals surface area contributed by atoms with Gasteiger partial charge in [0.05, 0.1) is 20.9 Å². The quantitative estimate of drug-likeness (QED) is 0.877. The summed E-state index contributed by atoms with van der Waals surface area (Å²) in [5.74, 6) is -0.434. The number of amides is 1. The monoisotopic (exact) mass is 333 g/mol. The lowest BCUT2D eigenvalue weighted by Gasteiger charge is -2.08. The number of primary amides is 1. The first-order chi connectivity index (χ1) is 8.40. The van der Waals surface area contributed by atoms with E-state index in [9.17, 15) is 9.18 Å². The van der Waals surface area contributed by atoms with Crippen molar-refractivity contribution in [2.45, 2.75) is 18.8 Å². The first-order valence-electron chi connectivity index (χ1n) is 5.17. The Bertz CT molecular complexity index is 626. The average Bonchev–Trinajstić information content (AvgIpc) is 2.57. The lowest BCUT2D eigenvalue weighted by atomic mass is 10.3. The maximum atomic E-state index is 13.4. The third kappa shape index (κ3) is 2.35. The van der Waals surface area contributed by atoms with Crippen LogP contribution in [-0.2, 0) is 11.3 Å². The highest BCUT2D eigenvalue weighted by atomic mass is 79.9. The zero-order valence-corrected chi connectivity index (χ0v) is 11.8. The summed E-state index contributed by atoms with van der Waals surface area (Å²) in [4.78, 5) is 15.3. The number of imidazole rings is 1. The number of carbonyl (C=O) groups is 1. The van der Waals surface area contributed by atoms with Gasteiger partial charge in [0.2, 0.25) is 5.91 Å². The smallest absolute Gasteiger partial charge is 0.237 e. The van der Waals surface area contributed by atoms with Gasteiger partial charge in [-0.3, -0.25) is 4.79 Å². The minimum absolute atomic E-state index is 0.0407. The lowest BCUT2D eigenvalue weighted by molar-refractivity contribution is -0.118. The Morgan fingerprint density at radius 3 is 2.89 bits per heavy atom. The van der Waals surface area contributed by atoms with E-state index in [-0.39, 0.29) is 6.54 Å². The topological polar surface area (TPSA) is 60.9 Å². The summed E-state index contributed by atoms with van der Waals surface area (Å²) >= 11 is 9.10. The molecule has 0 aliphatic carbocycles. The molecule has 0 radical (unpaired) electrons. The second kappa shape index (κ2) is 4.85. The number of halogens is 3. The minimum Gasteiger partial charge on any atom is -0.368 e. The van der Waals surface area contributed by atoms with Crippen molar-refractivity contribution in [3.63, 3.8) is 0 Å². The van der Waals surface area contributed by atoms with Crippen LogP contribution in [0.3, 0.4) is 0 Å². The van der Waals surface area contributed by atoms with Gasteiger partial charge in [-0.1, -0.05) is 0 Å². The van der Waals surface area contributed by atoms with Crippen LogP contribution in [0, 0.1) is 5.82 Å². The molecule has 0 spiro atoms. The number of benzene rings is 1. The molecule has 2 N–H and O–H groups in total. The fourth-order valence-electron chi connectivity index (χ4n) is 1.76. The number of rotatable bonds is 3. The van der Waals surface area contributed by atoms with Gasteiger partial charge >= 0.3 is 0 Å². The summed E-state index contributed by atoms with van der Waals surface area (Å²) in [5.41, 5.74) is 6.25. The van der Waals surface area contributed by atoms with Gasteiger partial charge in [-0.05, 0) is 28.9 Å². The highest BCUT2D eigenvalue weighted by molar-refractivity contribution is 9.10. The first-order valence-corrected chi connectivity index (χ1v) is 6.40. The van der Waals surface area contributed by atoms with Crippen molar-refractivity contribution in [1.29, 1.82) is 0 Å². The molecule has 2 rings (SSSR count). The van der Waals surface area contributed by atoms with Crippen LogP contribution in [0.15, 0.2) is 16.6 Å². The third-order valence-corrected chi connectivity index (χ3v) is 3.29. The number of nitrogens with zero attached hydrogens (tertiary/aromatic N) is 2. The van der Waals surface area contributed by atoms with E-state index in [2.05, 4.69) is 20.9 Å². The van der Waals surface area contributed by atoms with E-state index in [0.717, 1.165) is 0 Å². The standard InChI is InChI=1S/C11H10BrClFN3O/c1-5(13)11-16-8-3-7(14)6(12)2-9(8)17(11)4-10(15)18/h2-3,5H,4H2,1H3,(H2,15,18). The van der Waals surface area contributed by atoms with Gasteiger partial charge in [0, 0.05) is 6.07 Å². The molecular weight excluding hydrogens is 324 g/mol. The van der Waals surface area contributed by atoms with Crippen molar-refractivity contribution in [3.05, 3.63) is 28.2 Å². The van der Waals surface area contributed by atoms with Gasteiger partial charge < -0.3 is 10.3 Å². The molecule has 1 unspecified atom stereocenters. The molecule has 7 heteroatoms. The van der Waals surface area contributed by atoms with Gasteiger partial charge in [-0.15, -0.1) is 11.6 Å². The van der Waals surface area contributed by atoms with Gasteiger partial charge in [0.1, 0.15) is 18.2 Å². The number of hydrogen-bond acceptors (Lipinski definition) is 2. The van der Waals surface area contributed by atoms with Crippen molar-refractivity contribution in [3.8, 4) is 0 Å². The zero-order valence-electron chi connectivity index (χ0n) is 9.45. The Labute approximate surface area is 116 Å². The van der Waals surface area contributed by atoms with Crippen LogP contribution >= 0.6 is 27.5 Å². The molecule has 0 saturated carbocycles. The predicted molar refractivity (Wildman–Crippen MR) is 70.9 cm³/mol. The normalized spacial score (nSPS) is 12.9. The molecule has 1 heterocycles. The Hall–Kier alpha value is -1.14. The van der Waals surface area contributed by atoms with E-state index in [1.54, 1.807) is 17.6 Å². The summed E-state index contributed by atoms with van der Waals surface area (Å²) < 4.78 is 15.3. The molecule has 18 heavy (non-hydrogen) atoms. The Balaban J connectivity index is 2.72. The largest absolute Gasteiger partial charge is 0.368 e. The number of nitrogens with two attached hydrogens (primary N) is 1. The van der Waals surface area contributed by atoms with Gasteiger partial charge in [-0.25, -0.2) is 9.37 Å². The molecule has 2 aromatic rings. The summed E-state index contributed by atoms with van der Waals surface area (Å²) in [6, 6.07) is 2.85. The molecule has 1 amide bonds. The molecule has 1 atom stereocenters. The van der Waals surface area contributed by atoms with Gasteiger partial charge in [0.15, 0.2) is 0 Å². The Kier molecular flexibility index (Phi) is 3.59. The Morgan fingerprint density at radius 2 is 2.33 bits per heavy atom. The zero-order chi connectivity index (χ0) is 13.4. The molecule has 4 nitrogen and oxygen atoms in total. The highest BCUT2D eigenvalue weighted by Crippen LogP contribution is 2.28. The predicted octanol–water partition coefficient (Wildman–Crippen LogP) is 2.72. The number of aromatic nitrogens is 2. The Morgan fingerprint density at radius 1 is 1.67 bits per heavy atom. The number of alkyl halides is 1. The number of carbonyl (C=O) groups excluding carboxylic acids is 1. The molecule has 0 fully saturated rings. The van der Waals surface area contributed by atoms with Crippen LogP contribution in [-0.4, -0.2) is 15.5 Å². The summed E-state index contributed by atoms with van der Waals surface area (Å²) in [5, 5.41) is -0.404. The highest BCUT2D eigenvalue weighted by Gasteiger charge is 2.17. The van der Waals surface area contributed by atoms with E-state index in [1.165, 1.54) is 6.07 Å². The SMILES string of the molecule is CC(Cl)c1nc2cc(F)c(Br)cc2n1CC(N)=O. The van der Waals surface area contributed by atoms with Gasteiger partial charge in [0.25, 0.3) is 0 Å². The average molecular weight is 335 g/mol. The number of hydrogen-bond donors (Lipinski definition) is 1. The van der Waals surface area contributed by atoms with Crippen LogP contribution in [0.2, 0.25) is 0 Å². The fourth-order valence-corrected chi connectivity index (χ4v) is 2.26. The van der Waals surface area contributed by atoms with Crippen LogP contribution in [0.25, 0.3) is 11.0 Å². The van der Waals surface area contributed by atoms with Crippen molar-refractivity contribution in [2.24, 2.45) is 5.73 Å². The van der Waals surface area contributed by atoms with Crippen LogP contribution in [0.1, 0.15) is 18.1 Å². The summed E-state index contributed by atoms with van der Waals surface area (Å²) in [7, 11) is 0. The lowest BCUT2D eigenvalue weighted by Crippen LogP contribution is -2.20. The van der Waals surface area contributed by atoms with Crippen molar-refractivity contribution in [1.82, 2.24) is 9.55 Å². The maximum Gasteiger partial charge on any atom is 0.237 e. The molecule has 0 saturated heterocycles. The third-order valence-electron chi connectivity index (χ3n) is 2.49. The fraction of sp³-hybridized carbons (Fsp3) is 0.273. The molecule has 0 aliphatic heterocycles. The molecule has 1 aromatic heterocycles. The molecule has 0 bridgehead atoms. The van der Waals surface area contributed by atoms with E-state index in [1.807, 2.05) is 0 Å². The molecule has 1 aromatic carbocycles. The molecule has 0 aliphatic rings. The molecule has 96 valence electrons. The van der Waals surface area contributed by atoms with E-state index < -0.39 is 17.1 Å². The second-order valence-electron chi connectivity index (χ2n) is 3.89. The first kappa shape index (κ1) is 13.3. The van der Waals surface area contributed by atoms with Crippen LogP contribution < -0.4 is 5.73 Å². The van der Waals surface area contributed by atoms with Crippen molar-refractivity contribution in [2.75, 3.05) is 0 Å². The van der Waals surface area contributed by atoms with Gasteiger partial charge in [-0.2, -0.15) is 0 Å². The second-order valence-corrected chi connectivity index (χ2v) is 5.40. The van der Waals surface area contributed by atoms with Crippen LogP contribution in [0.4, 0.5) is 4.39 Å². The van der Waals surface area contributed by atoms with E-state index >= 15 is 0 Å². The van der Waals surface area contributed by atoms with Crippen molar-refractivity contribution >= 4 is 44.5 Å². The van der Waals surface area contributed by atoms with E-state index in [0.29, 0.717) is 21.3 Å². The van der Waals surface area contributed by atoms with E-state index in [4.69, 9.17) is 17.3 Å². The molecular formula is C11H10BrClFN3O. The summed E-state index contributed by atoms with van der Waals surface area (Å²) in [6.07, 6.45) is 0. The van der Waals surface area contributed by atoms with Crippen molar-refractivity contribution < 1.29 is 9.18 Å².